The van der Waals surface area contributed by atoms with Gasteiger partial charge in [0, 0.05) is 30.9 Å². The molecule has 1 aliphatic heterocycles. The standard InChI is InChI=1S/C19H22N2O3/c1-2-24-18-9-4-3-8-16(18)19(23)21-12-14(17(22)13-21)11-15-7-5-6-10-20-15/h3-10,14,17,22H,2,11-13H2,1H3. The molecule has 0 saturated carbocycles. The maximum atomic E-state index is 12.8. The molecule has 1 saturated heterocycles. The fraction of sp³-hybridized carbons (Fsp3) is 0.368. The Hall–Kier alpha value is -2.40. The minimum absolute atomic E-state index is 0.00288. The van der Waals surface area contributed by atoms with E-state index in [1.165, 1.54) is 0 Å². The number of β-amino-alcohol motifs (C(OH)–C–C–N with tert-alkyl or cyclic N) is 1. The lowest BCUT2D eigenvalue weighted by Crippen LogP contribution is -2.30. The van der Waals surface area contributed by atoms with Crippen LogP contribution in [0.25, 0.3) is 0 Å². The molecule has 1 aliphatic rings. The van der Waals surface area contributed by atoms with E-state index in [1.54, 1.807) is 23.2 Å². The zero-order valence-corrected chi connectivity index (χ0v) is 13.8. The van der Waals surface area contributed by atoms with Crippen LogP contribution in [0, 0.1) is 5.92 Å². The zero-order chi connectivity index (χ0) is 16.9. The van der Waals surface area contributed by atoms with Crippen molar-refractivity contribution >= 4 is 5.91 Å². The fourth-order valence-corrected chi connectivity index (χ4v) is 3.10. The highest BCUT2D eigenvalue weighted by Crippen LogP contribution is 2.26. The normalized spacial score (nSPS) is 20.2. The Labute approximate surface area is 141 Å². The van der Waals surface area contributed by atoms with Crippen LogP contribution < -0.4 is 4.74 Å². The predicted molar refractivity (Wildman–Crippen MR) is 91.0 cm³/mol. The molecule has 0 aliphatic carbocycles. The summed E-state index contributed by atoms with van der Waals surface area (Å²) >= 11 is 0. The van der Waals surface area contributed by atoms with Crippen LogP contribution in [-0.2, 0) is 6.42 Å². The van der Waals surface area contributed by atoms with Gasteiger partial charge in [0.1, 0.15) is 5.75 Å². The highest BCUT2D eigenvalue weighted by molar-refractivity contribution is 5.97. The van der Waals surface area contributed by atoms with E-state index in [9.17, 15) is 9.90 Å². The number of aromatic nitrogens is 1. The van der Waals surface area contributed by atoms with Crippen LogP contribution >= 0.6 is 0 Å². The number of nitrogens with zero attached hydrogens (tertiary/aromatic N) is 2. The third-order valence-electron chi connectivity index (χ3n) is 4.31. The summed E-state index contributed by atoms with van der Waals surface area (Å²) in [5, 5.41) is 10.3. The number of amides is 1. The van der Waals surface area contributed by atoms with E-state index in [-0.39, 0.29) is 11.8 Å². The smallest absolute Gasteiger partial charge is 0.257 e. The van der Waals surface area contributed by atoms with Gasteiger partial charge < -0.3 is 14.7 Å². The second-order valence-corrected chi connectivity index (χ2v) is 5.99. The van der Waals surface area contributed by atoms with Gasteiger partial charge >= 0.3 is 0 Å². The average molecular weight is 326 g/mol. The van der Waals surface area contributed by atoms with Crippen LogP contribution in [0.3, 0.4) is 0 Å². The van der Waals surface area contributed by atoms with Crippen LogP contribution in [0.15, 0.2) is 48.7 Å². The first kappa shape index (κ1) is 16.5. The summed E-state index contributed by atoms with van der Waals surface area (Å²) in [6.07, 6.45) is 1.88. The van der Waals surface area contributed by atoms with Crippen LogP contribution in [0.2, 0.25) is 0 Å². The number of rotatable bonds is 5. The van der Waals surface area contributed by atoms with Crippen LogP contribution in [0.1, 0.15) is 23.0 Å². The number of benzene rings is 1. The number of carbonyl (C=O) groups is 1. The Bertz CT molecular complexity index is 690. The van der Waals surface area contributed by atoms with Gasteiger partial charge in [0.15, 0.2) is 0 Å². The van der Waals surface area contributed by atoms with Crippen LogP contribution in [-0.4, -0.2) is 46.7 Å². The molecule has 5 heteroatoms. The molecule has 24 heavy (non-hydrogen) atoms. The lowest BCUT2D eigenvalue weighted by atomic mass is 10.00. The molecule has 0 radical (unpaired) electrons. The molecule has 1 N–H and O–H groups in total. The number of pyridine rings is 1. The van der Waals surface area contributed by atoms with E-state index in [0.29, 0.717) is 37.4 Å². The zero-order valence-electron chi connectivity index (χ0n) is 13.8. The Balaban J connectivity index is 1.71. The first-order chi connectivity index (χ1) is 11.7. The summed E-state index contributed by atoms with van der Waals surface area (Å²) in [7, 11) is 0. The predicted octanol–water partition coefficient (Wildman–Crippen LogP) is 2.16. The number of hydrogen-bond donors (Lipinski definition) is 1. The molecule has 2 atom stereocenters. The van der Waals surface area contributed by atoms with E-state index < -0.39 is 6.10 Å². The number of likely N-dealkylation sites (tertiary alicyclic amines) is 1. The first-order valence-electron chi connectivity index (χ1n) is 8.28. The van der Waals surface area contributed by atoms with Crippen molar-refractivity contribution in [3.05, 3.63) is 59.9 Å². The van der Waals surface area contributed by atoms with Crippen molar-refractivity contribution < 1.29 is 14.6 Å². The largest absolute Gasteiger partial charge is 0.493 e. The third kappa shape index (κ3) is 3.57. The Morgan fingerprint density at radius 3 is 2.79 bits per heavy atom. The molecular weight excluding hydrogens is 304 g/mol. The SMILES string of the molecule is CCOc1ccccc1C(=O)N1CC(O)C(Cc2ccccn2)C1. The van der Waals surface area contributed by atoms with E-state index in [1.807, 2.05) is 37.3 Å². The van der Waals surface area contributed by atoms with E-state index >= 15 is 0 Å². The molecule has 2 aromatic rings. The lowest BCUT2D eigenvalue weighted by Gasteiger charge is -2.18. The van der Waals surface area contributed by atoms with Gasteiger partial charge in [-0.25, -0.2) is 0 Å². The summed E-state index contributed by atoms with van der Waals surface area (Å²) in [6, 6.07) is 13.0. The average Bonchev–Trinajstić information content (AvgIpc) is 2.97. The molecule has 2 unspecified atom stereocenters. The number of ether oxygens (including phenoxy) is 1. The molecule has 1 fully saturated rings. The molecule has 1 aromatic carbocycles. The minimum atomic E-state index is -0.532. The quantitative estimate of drug-likeness (QED) is 0.914. The van der Waals surface area contributed by atoms with Gasteiger partial charge in [-0.1, -0.05) is 18.2 Å². The number of aliphatic hydroxyl groups excluding tert-OH is 1. The number of aliphatic hydroxyl groups is 1. The van der Waals surface area contributed by atoms with Gasteiger partial charge in [0.05, 0.1) is 18.3 Å². The van der Waals surface area contributed by atoms with Crippen molar-refractivity contribution in [2.45, 2.75) is 19.4 Å². The summed E-state index contributed by atoms with van der Waals surface area (Å²) in [4.78, 5) is 18.8. The molecule has 1 amide bonds. The van der Waals surface area contributed by atoms with Crippen molar-refractivity contribution in [1.82, 2.24) is 9.88 Å². The van der Waals surface area contributed by atoms with Crippen molar-refractivity contribution in [1.29, 1.82) is 0 Å². The highest BCUT2D eigenvalue weighted by Gasteiger charge is 2.35. The second-order valence-electron chi connectivity index (χ2n) is 5.99. The monoisotopic (exact) mass is 326 g/mol. The van der Waals surface area contributed by atoms with Crippen molar-refractivity contribution in [2.24, 2.45) is 5.92 Å². The molecule has 2 heterocycles. The maximum Gasteiger partial charge on any atom is 0.257 e. The van der Waals surface area contributed by atoms with Gasteiger partial charge in [-0.05, 0) is 37.6 Å². The number of carbonyl (C=O) groups excluding carboxylic acids is 1. The summed E-state index contributed by atoms with van der Waals surface area (Å²) in [6.45, 7) is 3.27. The number of hydrogen-bond acceptors (Lipinski definition) is 4. The molecule has 3 rings (SSSR count). The molecule has 126 valence electrons. The Morgan fingerprint density at radius 2 is 2.04 bits per heavy atom. The van der Waals surface area contributed by atoms with Crippen LogP contribution in [0.4, 0.5) is 0 Å². The van der Waals surface area contributed by atoms with E-state index in [4.69, 9.17) is 4.74 Å². The van der Waals surface area contributed by atoms with Crippen LogP contribution in [0.5, 0.6) is 5.75 Å². The Kier molecular flexibility index (Phi) is 5.11. The topological polar surface area (TPSA) is 62.7 Å². The minimum Gasteiger partial charge on any atom is -0.493 e. The summed E-state index contributed by atoms with van der Waals surface area (Å²) < 4.78 is 5.55. The highest BCUT2D eigenvalue weighted by atomic mass is 16.5. The summed E-state index contributed by atoms with van der Waals surface area (Å²) in [5.41, 5.74) is 1.48. The summed E-state index contributed by atoms with van der Waals surface area (Å²) in [5.74, 6) is 0.498. The van der Waals surface area contributed by atoms with Gasteiger partial charge in [-0.15, -0.1) is 0 Å². The van der Waals surface area contributed by atoms with Gasteiger partial charge in [-0.3, -0.25) is 9.78 Å². The maximum absolute atomic E-state index is 12.8. The van der Waals surface area contributed by atoms with Gasteiger partial charge in [0.2, 0.25) is 0 Å². The Morgan fingerprint density at radius 1 is 1.25 bits per heavy atom. The van der Waals surface area contributed by atoms with E-state index in [2.05, 4.69) is 4.98 Å². The lowest BCUT2D eigenvalue weighted by molar-refractivity contribution is 0.0760. The molecule has 0 spiro atoms. The fourth-order valence-electron chi connectivity index (χ4n) is 3.10. The first-order valence-corrected chi connectivity index (χ1v) is 8.28. The number of para-hydroxylation sites is 1. The van der Waals surface area contributed by atoms with Gasteiger partial charge in [0.25, 0.3) is 5.91 Å². The second kappa shape index (κ2) is 7.45. The van der Waals surface area contributed by atoms with Crippen molar-refractivity contribution in [2.75, 3.05) is 19.7 Å². The molecular formula is C19H22N2O3. The molecule has 1 aromatic heterocycles. The van der Waals surface area contributed by atoms with Crippen molar-refractivity contribution in [3.63, 3.8) is 0 Å². The molecule has 5 nitrogen and oxygen atoms in total. The van der Waals surface area contributed by atoms with E-state index in [0.717, 1.165) is 5.69 Å². The van der Waals surface area contributed by atoms with Crippen molar-refractivity contribution in [3.8, 4) is 5.75 Å². The third-order valence-corrected chi connectivity index (χ3v) is 4.31. The van der Waals surface area contributed by atoms with Gasteiger partial charge in [-0.2, -0.15) is 0 Å². The molecule has 0 bridgehead atoms.